The van der Waals surface area contributed by atoms with Crippen molar-refractivity contribution in [3.63, 3.8) is 0 Å². The normalized spacial score (nSPS) is 10.4. The molecule has 25 heavy (non-hydrogen) atoms. The fraction of sp³-hybridized carbons (Fsp3) is 0.381. The molecule has 4 heteroatoms. The second kappa shape index (κ2) is 9.11. The van der Waals surface area contributed by atoms with Gasteiger partial charge >= 0.3 is 0 Å². The lowest BCUT2D eigenvalue weighted by atomic mass is 10.1. The zero-order valence-corrected chi connectivity index (χ0v) is 15.5. The molecule has 2 rings (SSSR count). The van der Waals surface area contributed by atoms with Gasteiger partial charge in [0, 0.05) is 11.3 Å². The van der Waals surface area contributed by atoms with E-state index in [1.165, 1.54) is 0 Å². The van der Waals surface area contributed by atoms with Crippen molar-refractivity contribution in [3.05, 3.63) is 53.1 Å². The van der Waals surface area contributed by atoms with Gasteiger partial charge in [-0.3, -0.25) is 4.79 Å². The van der Waals surface area contributed by atoms with Gasteiger partial charge in [0.25, 0.3) is 5.91 Å². The number of para-hydroxylation sites is 1. The maximum atomic E-state index is 12.6. The van der Waals surface area contributed by atoms with Crippen LogP contribution in [-0.4, -0.2) is 19.1 Å². The number of hydrogen-bond donors (Lipinski definition) is 1. The summed E-state index contributed by atoms with van der Waals surface area (Å²) in [4.78, 5) is 12.6. The molecule has 0 aromatic heterocycles. The fourth-order valence-corrected chi connectivity index (χ4v) is 2.56. The summed E-state index contributed by atoms with van der Waals surface area (Å²) >= 11 is 0. The second-order valence-electron chi connectivity index (χ2n) is 6.02. The maximum absolute atomic E-state index is 12.6. The van der Waals surface area contributed by atoms with Gasteiger partial charge in [-0.05, 0) is 56.5 Å². The number of carbonyl (C=O) groups is 1. The van der Waals surface area contributed by atoms with E-state index in [-0.39, 0.29) is 5.91 Å². The average molecular weight is 341 g/mol. The molecule has 2 aromatic rings. The second-order valence-corrected chi connectivity index (χ2v) is 6.02. The summed E-state index contributed by atoms with van der Waals surface area (Å²) in [6.45, 7) is 9.17. The first-order chi connectivity index (χ1) is 12.1. The van der Waals surface area contributed by atoms with E-state index in [1.807, 2.05) is 39.0 Å². The van der Waals surface area contributed by atoms with Crippen molar-refractivity contribution in [3.8, 4) is 11.5 Å². The smallest absolute Gasteiger partial charge is 0.255 e. The van der Waals surface area contributed by atoms with E-state index in [9.17, 15) is 4.79 Å². The minimum absolute atomic E-state index is 0.154. The topological polar surface area (TPSA) is 47.6 Å². The van der Waals surface area contributed by atoms with Crippen LogP contribution in [0, 0.1) is 13.8 Å². The molecule has 1 N–H and O–H groups in total. The number of benzene rings is 2. The fourth-order valence-electron chi connectivity index (χ4n) is 2.56. The van der Waals surface area contributed by atoms with Crippen LogP contribution < -0.4 is 14.8 Å². The largest absolute Gasteiger partial charge is 0.490 e. The summed E-state index contributed by atoms with van der Waals surface area (Å²) < 4.78 is 11.4. The molecule has 0 aliphatic carbocycles. The van der Waals surface area contributed by atoms with E-state index < -0.39 is 0 Å². The maximum Gasteiger partial charge on any atom is 0.255 e. The van der Waals surface area contributed by atoms with E-state index >= 15 is 0 Å². The third-order valence-electron chi connectivity index (χ3n) is 3.98. The predicted octanol–water partition coefficient (Wildman–Crippen LogP) is 5.13. The summed E-state index contributed by atoms with van der Waals surface area (Å²) in [5.74, 6) is 1.13. The Morgan fingerprint density at radius 2 is 1.72 bits per heavy atom. The van der Waals surface area contributed by atoms with Gasteiger partial charge in [0.2, 0.25) is 0 Å². The first-order valence-corrected chi connectivity index (χ1v) is 8.84. The molecule has 0 heterocycles. The number of amides is 1. The van der Waals surface area contributed by atoms with Crippen molar-refractivity contribution in [2.75, 3.05) is 18.5 Å². The molecule has 0 saturated carbocycles. The molecule has 0 fully saturated rings. The molecule has 0 aliphatic rings. The minimum atomic E-state index is -0.154. The molecule has 4 nitrogen and oxygen atoms in total. The molecule has 2 aromatic carbocycles. The van der Waals surface area contributed by atoms with Crippen LogP contribution in [0.4, 0.5) is 5.69 Å². The molecule has 0 aliphatic heterocycles. The zero-order chi connectivity index (χ0) is 18.2. The molecule has 0 bridgehead atoms. The van der Waals surface area contributed by atoms with Crippen LogP contribution in [0.3, 0.4) is 0 Å². The van der Waals surface area contributed by atoms with Crippen LogP contribution in [0.5, 0.6) is 11.5 Å². The number of carbonyl (C=O) groups excluding carboxylic acids is 1. The summed E-state index contributed by atoms with van der Waals surface area (Å²) in [6.07, 6.45) is 2.06. The number of hydrogen-bond acceptors (Lipinski definition) is 3. The summed E-state index contributed by atoms with van der Waals surface area (Å²) in [6, 6.07) is 11.3. The van der Waals surface area contributed by atoms with Crippen molar-refractivity contribution in [1.82, 2.24) is 0 Å². The number of ether oxygens (including phenoxy) is 2. The summed E-state index contributed by atoms with van der Waals surface area (Å²) in [5.41, 5.74) is 3.48. The zero-order valence-electron chi connectivity index (χ0n) is 15.5. The van der Waals surface area contributed by atoms with Crippen molar-refractivity contribution in [2.24, 2.45) is 0 Å². The Balaban J connectivity index is 2.20. The molecular weight excluding hydrogens is 314 g/mol. The Bertz CT molecular complexity index is 705. The van der Waals surface area contributed by atoms with Gasteiger partial charge < -0.3 is 14.8 Å². The van der Waals surface area contributed by atoms with Crippen LogP contribution in [-0.2, 0) is 0 Å². The van der Waals surface area contributed by atoms with Crippen molar-refractivity contribution in [1.29, 1.82) is 0 Å². The third-order valence-corrected chi connectivity index (χ3v) is 3.98. The molecule has 0 atom stereocenters. The molecule has 0 saturated heterocycles. The van der Waals surface area contributed by atoms with E-state index in [1.54, 1.807) is 18.2 Å². The number of anilines is 1. The Labute approximate surface area is 150 Å². The van der Waals surface area contributed by atoms with Gasteiger partial charge in [0.15, 0.2) is 11.5 Å². The van der Waals surface area contributed by atoms with Gasteiger partial charge in [-0.25, -0.2) is 0 Å². The van der Waals surface area contributed by atoms with Gasteiger partial charge in [-0.2, -0.15) is 0 Å². The quantitative estimate of drug-likeness (QED) is 0.677. The molecule has 0 radical (unpaired) electrons. The van der Waals surface area contributed by atoms with Crippen LogP contribution in [0.15, 0.2) is 36.4 Å². The SMILES string of the molecule is CCCCOc1ccc(C(=O)Nc2c(C)cccc2C)cc1OCC. The highest BCUT2D eigenvalue weighted by Crippen LogP contribution is 2.29. The lowest BCUT2D eigenvalue weighted by Gasteiger charge is -2.14. The highest BCUT2D eigenvalue weighted by atomic mass is 16.5. The number of unbranched alkanes of at least 4 members (excludes halogenated alkanes) is 1. The lowest BCUT2D eigenvalue weighted by Crippen LogP contribution is -2.14. The van der Waals surface area contributed by atoms with Gasteiger partial charge in [-0.15, -0.1) is 0 Å². The minimum Gasteiger partial charge on any atom is -0.490 e. The highest BCUT2D eigenvalue weighted by molar-refractivity contribution is 6.05. The molecule has 0 spiro atoms. The lowest BCUT2D eigenvalue weighted by molar-refractivity contribution is 0.102. The highest BCUT2D eigenvalue weighted by Gasteiger charge is 2.13. The summed E-state index contributed by atoms with van der Waals surface area (Å²) in [5, 5.41) is 3.00. The van der Waals surface area contributed by atoms with E-state index in [4.69, 9.17) is 9.47 Å². The van der Waals surface area contributed by atoms with Crippen molar-refractivity contribution < 1.29 is 14.3 Å². The molecule has 134 valence electrons. The van der Waals surface area contributed by atoms with Crippen LogP contribution in [0.2, 0.25) is 0 Å². The van der Waals surface area contributed by atoms with Gasteiger partial charge in [0.1, 0.15) is 0 Å². The Hall–Kier alpha value is -2.49. The molecule has 0 unspecified atom stereocenters. The monoisotopic (exact) mass is 341 g/mol. The van der Waals surface area contributed by atoms with Crippen molar-refractivity contribution >= 4 is 11.6 Å². The molecule has 1 amide bonds. The van der Waals surface area contributed by atoms with Crippen LogP contribution in [0.1, 0.15) is 48.2 Å². The number of aryl methyl sites for hydroxylation is 2. The molecular formula is C21H27NO3. The first kappa shape index (κ1) is 18.8. The van der Waals surface area contributed by atoms with Crippen LogP contribution >= 0.6 is 0 Å². The van der Waals surface area contributed by atoms with E-state index in [0.29, 0.717) is 30.3 Å². The predicted molar refractivity (Wildman–Crippen MR) is 102 cm³/mol. The van der Waals surface area contributed by atoms with Gasteiger partial charge in [-0.1, -0.05) is 31.5 Å². The summed E-state index contributed by atoms with van der Waals surface area (Å²) in [7, 11) is 0. The van der Waals surface area contributed by atoms with E-state index in [2.05, 4.69) is 12.2 Å². The van der Waals surface area contributed by atoms with Crippen LogP contribution in [0.25, 0.3) is 0 Å². The average Bonchev–Trinajstić information content (AvgIpc) is 2.59. The Kier molecular flexibility index (Phi) is 6.87. The Morgan fingerprint density at radius 1 is 1.00 bits per heavy atom. The van der Waals surface area contributed by atoms with E-state index in [0.717, 1.165) is 29.7 Å². The van der Waals surface area contributed by atoms with Crippen molar-refractivity contribution in [2.45, 2.75) is 40.5 Å². The van der Waals surface area contributed by atoms with Gasteiger partial charge in [0.05, 0.1) is 13.2 Å². The first-order valence-electron chi connectivity index (χ1n) is 8.84. The number of rotatable bonds is 8. The third kappa shape index (κ3) is 4.99. The Morgan fingerprint density at radius 3 is 2.36 bits per heavy atom. The standard InChI is InChI=1S/C21H27NO3/c1-5-7-13-25-18-12-11-17(14-19(18)24-6-2)21(23)22-20-15(3)9-8-10-16(20)4/h8-12,14H,5-7,13H2,1-4H3,(H,22,23). The number of nitrogens with one attached hydrogen (secondary N) is 1.